The minimum atomic E-state index is 0.457. The van der Waals surface area contributed by atoms with Gasteiger partial charge in [0.25, 0.3) is 0 Å². The van der Waals surface area contributed by atoms with Crippen molar-refractivity contribution in [3.8, 4) is 0 Å². The number of nitrogens with one attached hydrogen (secondary N) is 2. The normalized spacial score (nSPS) is 36.9. The molecule has 0 amide bonds. The van der Waals surface area contributed by atoms with Gasteiger partial charge in [-0.2, -0.15) is 0 Å². The van der Waals surface area contributed by atoms with Gasteiger partial charge < -0.3 is 10.6 Å². The summed E-state index contributed by atoms with van der Waals surface area (Å²) >= 11 is 0. The maximum atomic E-state index is 3.80. The van der Waals surface area contributed by atoms with E-state index in [9.17, 15) is 0 Å². The molecule has 2 heteroatoms. The van der Waals surface area contributed by atoms with E-state index in [0.717, 1.165) is 11.8 Å². The Morgan fingerprint density at radius 3 is 1.30 bits per heavy atom. The fourth-order valence-corrected chi connectivity index (χ4v) is 4.09. The molecule has 0 radical (unpaired) electrons. The van der Waals surface area contributed by atoms with Crippen LogP contribution < -0.4 is 10.6 Å². The second kappa shape index (κ2) is 5.96. The summed E-state index contributed by atoms with van der Waals surface area (Å²) in [5.74, 6) is 1.73. The highest BCUT2D eigenvalue weighted by atomic mass is 15.0. The van der Waals surface area contributed by atoms with E-state index in [1.165, 1.54) is 38.8 Å². The van der Waals surface area contributed by atoms with E-state index < -0.39 is 0 Å². The molecule has 0 aromatic heterocycles. The zero-order valence-electron chi connectivity index (χ0n) is 14.6. The molecule has 0 bridgehead atoms. The Bertz CT molecular complexity index is 278. The molecule has 2 aliphatic rings. The van der Waals surface area contributed by atoms with E-state index >= 15 is 0 Å². The standard InChI is InChI=1S/C18H36N2/c1-17(2,3)13-7-9-19-15(11-13)16-12-14(8-10-20-16)18(4,5)6/h13-16,19-20H,7-12H2,1-6H3. The molecule has 2 N–H and O–H groups in total. The molecule has 4 unspecified atom stereocenters. The summed E-state index contributed by atoms with van der Waals surface area (Å²) in [6, 6.07) is 1.36. The molecule has 2 fully saturated rings. The molecular formula is C18H36N2. The van der Waals surface area contributed by atoms with Crippen LogP contribution in [0.5, 0.6) is 0 Å². The third-order valence-corrected chi connectivity index (χ3v) is 5.81. The largest absolute Gasteiger partial charge is 0.312 e. The van der Waals surface area contributed by atoms with Crippen LogP contribution in [0.15, 0.2) is 0 Å². The third-order valence-electron chi connectivity index (χ3n) is 5.81. The smallest absolute Gasteiger partial charge is 0.0224 e. The molecule has 2 saturated heterocycles. The molecule has 2 nitrogen and oxygen atoms in total. The van der Waals surface area contributed by atoms with Crippen LogP contribution in [-0.2, 0) is 0 Å². The van der Waals surface area contributed by atoms with Gasteiger partial charge in [0.15, 0.2) is 0 Å². The van der Waals surface area contributed by atoms with Gasteiger partial charge >= 0.3 is 0 Å². The number of hydrogen-bond acceptors (Lipinski definition) is 2. The molecule has 0 saturated carbocycles. The average molecular weight is 280 g/mol. The lowest BCUT2D eigenvalue weighted by atomic mass is 9.69. The Kier molecular flexibility index (Phi) is 4.86. The molecule has 118 valence electrons. The predicted octanol–water partition coefficient (Wildman–Crippen LogP) is 3.82. The van der Waals surface area contributed by atoms with Crippen LogP contribution in [0.3, 0.4) is 0 Å². The molecule has 2 rings (SSSR count). The molecular weight excluding hydrogens is 244 g/mol. The molecule has 0 aromatic carbocycles. The van der Waals surface area contributed by atoms with Crippen LogP contribution >= 0.6 is 0 Å². The van der Waals surface area contributed by atoms with Crippen molar-refractivity contribution >= 4 is 0 Å². The average Bonchev–Trinajstić information content (AvgIpc) is 2.37. The van der Waals surface area contributed by atoms with E-state index in [1.807, 2.05) is 0 Å². The van der Waals surface area contributed by atoms with Crippen LogP contribution in [0.25, 0.3) is 0 Å². The Balaban J connectivity index is 1.97. The van der Waals surface area contributed by atoms with Crippen molar-refractivity contribution in [1.82, 2.24) is 10.6 Å². The molecule has 0 aromatic rings. The van der Waals surface area contributed by atoms with Crippen LogP contribution in [-0.4, -0.2) is 25.2 Å². The van der Waals surface area contributed by atoms with Crippen molar-refractivity contribution < 1.29 is 0 Å². The van der Waals surface area contributed by atoms with Crippen molar-refractivity contribution in [1.29, 1.82) is 0 Å². The van der Waals surface area contributed by atoms with Gasteiger partial charge in [-0.15, -0.1) is 0 Å². The van der Waals surface area contributed by atoms with Crippen molar-refractivity contribution in [3.63, 3.8) is 0 Å². The monoisotopic (exact) mass is 280 g/mol. The van der Waals surface area contributed by atoms with Gasteiger partial charge in [-0.25, -0.2) is 0 Å². The molecule has 0 aliphatic carbocycles. The zero-order chi connectivity index (χ0) is 15.0. The first kappa shape index (κ1) is 16.3. The summed E-state index contributed by atoms with van der Waals surface area (Å²) in [4.78, 5) is 0. The summed E-state index contributed by atoms with van der Waals surface area (Å²) in [5.41, 5.74) is 0.914. The molecule has 0 spiro atoms. The topological polar surface area (TPSA) is 24.1 Å². The van der Waals surface area contributed by atoms with Crippen LogP contribution in [0, 0.1) is 22.7 Å². The minimum absolute atomic E-state index is 0.457. The maximum absolute atomic E-state index is 3.80. The fraction of sp³-hybridized carbons (Fsp3) is 1.00. The van der Waals surface area contributed by atoms with E-state index in [2.05, 4.69) is 52.2 Å². The minimum Gasteiger partial charge on any atom is -0.312 e. The van der Waals surface area contributed by atoms with Crippen molar-refractivity contribution in [3.05, 3.63) is 0 Å². The van der Waals surface area contributed by atoms with Gasteiger partial charge in [0.05, 0.1) is 0 Å². The Hall–Kier alpha value is -0.0800. The number of rotatable bonds is 1. The SMILES string of the molecule is CC(C)(C)C1CCNC(C2CC(C(C)(C)C)CCN2)C1. The van der Waals surface area contributed by atoms with Gasteiger partial charge in [0.2, 0.25) is 0 Å². The van der Waals surface area contributed by atoms with Gasteiger partial charge in [-0.05, 0) is 61.4 Å². The summed E-state index contributed by atoms with van der Waals surface area (Å²) in [6.45, 7) is 16.9. The van der Waals surface area contributed by atoms with Gasteiger partial charge in [-0.3, -0.25) is 0 Å². The molecule has 20 heavy (non-hydrogen) atoms. The molecule has 2 aliphatic heterocycles. The van der Waals surface area contributed by atoms with E-state index in [0.29, 0.717) is 22.9 Å². The van der Waals surface area contributed by atoms with Crippen molar-refractivity contribution in [2.24, 2.45) is 22.7 Å². The first-order valence-electron chi connectivity index (χ1n) is 8.64. The Morgan fingerprint density at radius 2 is 1.00 bits per heavy atom. The number of hydrogen-bond donors (Lipinski definition) is 2. The van der Waals surface area contributed by atoms with Gasteiger partial charge in [0, 0.05) is 12.1 Å². The van der Waals surface area contributed by atoms with Crippen LogP contribution in [0.4, 0.5) is 0 Å². The summed E-state index contributed by atoms with van der Waals surface area (Å²) in [6.07, 6.45) is 5.38. The second-order valence-electron chi connectivity index (χ2n) is 9.30. The zero-order valence-corrected chi connectivity index (χ0v) is 14.6. The Morgan fingerprint density at radius 1 is 0.650 bits per heavy atom. The molecule has 4 atom stereocenters. The van der Waals surface area contributed by atoms with Gasteiger partial charge in [-0.1, -0.05) is 41.5 Å². The lowest BCUT2D eigenvalue weighted by molar-refractivity contribution is 0.104. The quantitative estimate of drug-likeness (QED) is 0.763. The number of piperidine rings is 2. The predicted molar refractivity (Wildman–Crippen MR) is 87.9 cm³/mol. The van der Waals surface area contributed by atoms with Crippen molar-refractivity contribution in [2.45, 2.75) is 79.3 Å². The van der Waals surface area contributed by atoms with Gasteiger partial charge in [0.1, 0.15) is 0 Å². The first-order chi connectivity index (χ1) is 9.18. The van der Waals surface area contributed by atoms with E-state index in [4.69, 9.17) is 0 Å². The Labute approximate surface area is 126 Å². The maximum Gasteiger partial charge on any atom is 0.0224 e. The summed E-state index contributed by atoms with van der Waals surface area (Å²) in [7, 11) is 0. The highest BCUT2D eigenvalue weighted by Gasteiger charge is 2.37. The van der Waals surface area contributed by atoms with E-state index in [1.54, 1.807) is 0 Å². The second-order valence-corrected chi connectivity index (χ2v) is 9.30. The lowest BCUT2D eigenvalue weighted by Gasteiger charge is -2.45. The summed E-state index contributed by atoms with van der Waals surface area (Å²) < 4.78 is 0. The highest BCUT2D eigenvalue weighted by Crippen LogP contribution is 2.38. The van der Waals surface area contributed by atoms with E-state index in [-0.39, 0.29) is 0 Å². The lowest BCUT2D eigenvalue weighted by Crippen LogP contribution is -2.56. The van der Waals surface area contributed by atoms with Crippen molar-refractivity contribution in [2.75, 3.05) is 13.1 Å². The highest BCUT2D eigenvalue weighted by molar-refractivity contribution is 4.95. The fourth-order valence-electron chi connectivity index (χ4n) is 4.09. The molecule has 2 heterocycles. The first-order valence-corrected chi connectivity index (χ1v) is 8.64. The van der Waals surface area contributed by atoms with Crippen LogP contribution in [0.1, 0.15) is 67.2 Å². The summed E-state index contributed by atoms with van der Waals surface area (Å²) in [5, 5.41) is 7.60. The third kappa shape index (κ3) is 3.98. The van der Waals surface area contributed by atoms with Crippen LogP contribution in [0.2, 0.25) is 0 Å².